The number of amides is 1. The highest BCUT2D eigenvalue weighted by Gasteiger charge is 2.26. The van der Waals surface area contributed by atoms with E-state index in [1.807, 2.05) is 0 Å². The highest BCUT2D eigenvalue weighted by atomic mass is 19.3. The summed E-state index contributed by atoms with van der Waals surface area (Å²) in [7, 11) is 0. The Morgan fingerprint density at radius 3 is 2.83 bits per heavy atom. The van der Waals surface area contributed by atoms with Crippen LogP contribution >= 0.6 is 0 Å². The molecule has 1 aliphatic rings. The summed E-state index contributed by atoms with van der Waals surface area (Å²) in [5.74, 6) is -0.900. The number of alkyl halides is 2. The van der Waals surface area contributed by atoms with Crippen molar-refractivity contribution in [2.75, 3.05) is 5.32 Å². The summed E-state index contributed by atoms with van der Waals surface area (Å²) >= 11 is 0. The smallest absolute Gasteiger partial charge is 0.280 e. The Morgan fingerprint density at radius 2 is 2.12 bits per heavy atom. The molecule has 1 aliphatic heterocycles. The van der Waals surface area contributed by atoms with Crippen molar-refractivity contribution in [3.05, 3.63) is 65.8 Å². The quantitative estimate of drug-likeness (QED) is 0.904. The summed E-state index contributed by atoms with van der Waals surface area (Å²) in [4.78, 5) is 12.3. The zero-order valence-corrected chi connectivity index (χ0v) is 12.4. The molecule has 0 fully saturated rings. The monoisotopic (exact) mass is 334 g/mol. The van der Waals surface area contributed by atoms with E-state index >= 15 is 0 Å². The molecule has 0 aliphatic carbocycles. The molecule has 5 nitrogen and oxygen atoms in total. The Bertz CT molecular complexity index is 842. The minimum Gasteiger partial charge on any atom is -0.348 e. The molecule has 1 aromatic heterocycles. The first-order chi connectivity index (χ1) is 11.5. The fourth-order valence-electron chi connectivity index (χ4n) is 2.33. The van der Waals surface area contributed by atoms with Crippen molar-refractivity contribution in [2.45, 2.75) is 13.0 Å². The van der Waals surface area contributed by atoms with Crippen molar-refractivity contribution in [2.24, 2.45) is 0 Å². The van der Waals surface area contributed by atoms with Gasteiger partial charge in [0.2, 0.25) is 0 Å². The van der Waals surface area contributed by atoms with Gasteiger partial charge in [-0.1, -0.05) is 24.8 Å². The Kier molecular flexibility index (Phi) is 4.11. The van der Waals surface area contributed by atoms with Gasteiger partial charge in [0, 0.05) is 17.8 Å². The molecule has 0 bridgehead atoms. The topological polar surface area (TPSA) is 59.0 Å². The Balaban J connectivity index is 1.82. The van der Waals surface area contributed by atoms with E-state index in [0.29, 0.717) is 5.56 Å². The minimum atomic E-state index is -2.77. The predicted molar refractivity (Wildman–Crippen MR) is 82.8 cm³/mol. The lowest BCUT2D eigenvalue weighted by Gasteiger charge is -2.19. The van der Waals surface area contributed by atoms with Crippen LogP contribution in [0.2, 0.25) is 0 Å². The van der Waals surface area contributed by atoms with Crippen LogP contribution in [0.3, 0.4) is 0 Å². The van der Waals surface area contributed by atoms with Gasteiger partial charge in [0.1, 0.15) is 22.9 Å². The van der Waals surface area contributed by atoms with E-state index in [1.165, 1.54) is 12.3 Å². The van der Waals surface area contributed by atoms with Gasteiger partial charge in [-0.25, -0.2) is 17.9 Å². The minimum absolute atomic E-state index is 0.0331. The summed E-state index contributed by atoms with van der Waals surface area (Å²) in [5, 5.41) is 9.10. The van der Waals surface area contributed by atoms with Gasteiger partial charge < -0.3 is 10.6 Å². The van der Waals surface area contributed by atoms with Gasteiger partial charge in [-0.2, -0.15) is 5.10 Å². The Hall–Kier alpha value is -3.03. The van der Waals surface area contributed by atoms with Gasteiger partial charge in [-0.15, -0.1) is 0 Å². The molecule has 0 atom stereocenters. The molecule has 124 valence electrons. The fourth-order valence-corrected chi connectivity index (χ4v) is 2.33. The van der Waals surface area contributed by atoms with Crippen LogP contribution in [0.15, 0.2) is 48.8 Å². The normalized spacial score (nSPS) is 13.3. The standard InChI is InChI=1S/C16H13F3N4O/c1-9-6-13(14(18)19)23-15(22-9)11(8-21-23)16(24)20-7-10-4-2-3-5-12(10)17/h2-6,8,14,22H,1,7H2,(H,20,24). The SMILES string of the molecule is C=C1C=C(C(F)F)n2ncc(C(=O)NCc3ccccc3F)c2N1. The molecule has 2 N–H and O–H groups in total. The van der Waals surface area contributed by atoms with Crippen molar-refractivity contribution in [1.82, 2.24) is 15.1 Å². The Morgan fingerprint density at radius 1 is 1.38 bits per heavy atom. The molecule has 0 radical (unpaired) electrons. The van der Waals surface area contributed by atoms with E-state index in [9.17, 15) is 18.0 Å². The molecule has 1 amide bonds. The van der Waals surface area contributed by atoms with Crippen LogP contribution < -0.4 is 10.6 Å². The van der Waals surface area contributed by atoms with Crippen LogP contribution in [0.4, 0.5) is 19.0 Å². The van der Waals surface area contributed by atoms with Crippen LogP contribution in [0.1, 0.15) is 15.9 Å². The van der Waals surface area contributed by atoms with Crippen molar-refractivity contribution in [1.29, 1.82) is 0 Å². The molecule has 2 aromatic rings. The van der Waals surface area contributed by atoms with Gasteiger partial charge in [-0.3, -0.25) is 4.79 Å². The van der Waals surface area contributed by atoms with Crippen LogP contribution in [-0.4, -0.2) is 22.1 Å². The number of carbonyl (C=O) groups is 1. The number of nitrogens with one attached hydrogen (secondary N) is 2. The first-order valence-electron chi connectivity index (χ1n) is 7.03. The van der Waals surface area contributed by atoms with Crippen LogP contribution in [0.5, 0.6) is 0 Å². The lowest BCUT2D eigenvalue weighted by Crippen LogP contribution is -2.25. The van der Waals surface area contributed by atoms with Gasteiger partial charge in [0.25, 0.3) is 12.3 Å². The number of nitrogens with zero attached hydrogens (tertiary/aromatic N) is 2. The lowest BCUT2D eigenvalue weighted by atomic mass is 10.2. The molecule has 0 spiro atoms. The third-order valence-corrected chi connectivity index (χ3v) is 3.48. The van der Waals surface area contributed by atoms with Crippen molar-refractivity contribution in [3.63, 3.8) is 0 Å². The summed E-state index contributed by atoms with van der Waals surface area (Å²) in [6, 6.07) is 6.02. The van der Waals surface area contributed by atoms with Gasteiger partial charge >= 0.3 is 0 Å². The maximum atomic E-state index is 13.6. The van der Waals surface area contributed by atoms with Gasteiger partial charge in [-0.05, 0) is 12.1 Å². The number of fused-ring (bicyclic) bond motifs is 1. The number of allylic oxidation sites excluding steroid dienone is 2. The first-order valence-corrected chi connectivity index (χ1v) is 7.03. The van der Waals surface area contributed by atoms with E-state index in [4.69, 9.17) is 0 Å². The van der Waals surface area contributed by atoms with E-state index in [0.717, 1.165) is 10.8 Å². The fraction of sp³-hybridized carbons (Fsp3) is 0.125. The van der Waals surface area contributed by atoms with E-state index in [1.54, 1.807) is 18.2 Å². The summed E-state index contributed by atoms with van der Waals surface area (Å²) in [6.45, 7) is 3.55. The molecular weight excluding hydrogens is 321 g/mol. The van der Waals surface area contributed by atoms with Gasteiger partial charge in [0.15, 0.2) is 0 Å². The van der Waals surface area contributed by atoms with Crippen molar-refractivity contribution in [3.8, 4) is 0 Å². The number of rotatable bonds is 4. The number of carbonyl (C=O) groups excluding carboxylic acids is 1. The summed E-state index contributed by atoms with van der Waals surface area (Å²) < 4.78 is 40.6. The third-order valence-electron chi connectivity index (χ3n) is 3.48. The summed E-state index contributed by atoms with van der Waals surface area (Å²) in [6.07, 6.45) is -0.434. The highest BCUT2D eigenvalue weighted by molar-refractivity contribution is 6.00. The second-order valence-corrected chi connectivity index (χ2v) is 5.11. The van der Waals surface area contributed by atoms with E-state index in [-0.39, 0.29) is 29.3 Å². The van der Waals surface area contributed by atoms with Crippen molar-refractivity contribution >= 4 is 17.4 Å². The maximum Gasteiger partial charge on any atom is 0.280 e. The predicted octanol–water partition coefficient (Wildman–Crippen LogP) is 3.00. The van der Waals surface area contributed by atoms with E-state index in [2.05, 4.69) is 22.3 Å². The number of hydrogen-bond acceptors (Lipinski definition) is 3. The number of benzene rings is 1. The molecule has 0 saturated heterocycles. The molecule has 1 aromatic carbocycles. The third kappa shape index (κ3) is 2.90. The molecule has 0 saturated carbocycles. The van der Waals surface area contributed by atoms with Crippen LogP contribution in [-0.2, 0) is 6.54 Å². The number of anilines is 1. The zero-order valence-electron chi connectivity index (χ0n) is 12.4. The second-order valence-electron chi connectivity index (χ2n) is 5.11. The highest BCUT2D eigenvalue weighted by Crippen LogP contribution is 2.29. The molecule has 0 unspecified atom stereocenters. The van der Waals surface area contributed by atoms with E-state index < -0.39 is 18.1 Å². The number of hydrogen-bond donors (Lipinski definition) is 2. The van der Waals surface area contributed by atoms with Crippen LogP contribution in [0.25, 0.3) is 5.70 Å². The first kappa shape index (κ1) is 15.9. The second kappa shape index (κ2) is 6.23. The average Bonchev–Trinajstić information content (AvgIpc) is 2.96. The maximum absolute atomic E-state index is 13.6. The molecule has 3 rings (SSSR count). The number of halogens is 3. The van der Waals surface area contributed by atoms with Gasteiger partial charge in [0.05, 0.1) is 6.20 Å². The van der Waals surface area contributed by atoms with Crippen LogP contribution in [0, 0.1) is 5.82 Å². The molecule has 24 heavy (non-hydrogen) atoms. The average molecular weight is 334 g/mol. The Labute approximate surface area is 135 Å². The summed E-state index contributed by atoms with van der Waals surface area (Å²) in [5.41, 5.74) is 0.236. The molecule has 2 heterocycles. The lowest BCUT2D eigenvalue weighted by molar-refractivity contribution is 0.0951. The molecular formula is C16H13F3N4O. The largest absolute Gasteiger partial charge is 0.348 e. The number of aromatic nitrogens is 2. The zero-order chi connectivity index (χ0) is 17.3. The van der Waals surface area contributed by atoms with Crippen molar-refractivity contribution < 1.29 is 18.0 Å². The molecule has 8 heteroatoms.